The Morgan fingerprint density at radius 2 is 2.19 bits per heavy atom. The van der Waals surface area contributed by atoms with Gasteiger partial charge in [-0.2, -0.15) is 0 Å². The van der Waals surface area contributed by atoms with E-state index in [1.807, 2.05) is 6.92 Å². The first kappa shape index (κ1) is 12.5. The molecule has 88 valence electrons. The highest BCUT2D eigenvalue weighted by atomic mass is 16.5. The molecule has 0 saturated carbocycles. The predicted molar refractivity (Wildman–Crippen MR) is 60.3 cm³/mol. The molecule has 1 aromatic heterocycles. The van der Waals surface area contributed by atoms with Gasteiger partial charge in [-0.25, -0.2) is 0 Å². The molecule has 0 aliphatic rings. The van der Waals surface area contributed by atoms with Gasteiger partial charge in [-0.1, -0.05) is 13.3 Å². The average Bonchev–Trinajstić information content (AvgIpc) is 2.66. The molecule has 0 N–H and O–H groups in total. The number of ether oxygens (including phenoxy) is 1. The van der Waals surface area contributed by atoms with Crippen molar-refractivity contribution in [2.75, 3.05) is 6.61 Å². The molecule has 0 saturated heterocycles. The zero-order valence-corrected chi connectivity index (χ0v) is 9.73. The SMILES string of the molecule is CCCCOC(=O)Cn1ccc(C(C)=O)c1. The Balaban J connectivity index is 2.40. The van der Waals surface area contributed by atoms with Gasteiger partial charge in [0.2, 0.25) is 0 Å². The lowest BCUT2D eigenvalue weighted by molar-refractivity contribution is -0.144. The van der Waals surface area contributed by atoms with Gasteiger partial charge in [-0.05, 0) is 19.4 Å². The zero-order valence-electron chi connectivity index (χ0n) is 9.73. The second-order valence-electron chi connectivity index (χ2n) is 3.70. The minimum absolute atomic E-state index is 0.00176. The highest BCUT2D eigenvalue weighted by Crippen LogP contribution is 2.02. The summed E-state index contributed by atoms with van der Waals surface area (Å²) in [5, 5.41) is 0. The van der Waals surface area contributed by atoms with Crippen LogP contribution in [0.15, 0.2) is 18.5 Å². The van der Waals surface area contributed by atoms with E-state index in [2.05, 4.69) is 0 Å². The van der Waals surface area contributed by atoms with E-state index < -0.39 is 0 Å². The lowest BCUT2D eigenvalue weighted by Crippen LogP contribution is -2.13. The molecule has 4 heteroatoms. The van der Waals surface area contributed by atoms with Gasteiger partial charge in [-0.15, -0.1) is 0 Å². The molecule has 0 amide bonds. The van der Waals surface area contributed by atoms with Crippen molar-refractivity contribution < 1.29 is 14.3 Å². The molecule has 0 spiro atoms. The van der Waals surface area contributed by atoms with E-state index in [-0.39, 0.29) is 18.3 Å². The van der Waals surface area contributed by atoms with Gasteiger partial charge >= 0.3 is 5.97 Å². The molecule has 1 rings (SSSR count). The molecule has 0 unspecified atom stereocenters. The second-order valence-corrected chi connectivity index (χ2v) is 3.70. The van der Waals surface area contributed by atoms with Crippen molar-refractivity contribution in [1.82, 2.24) is 4.57 Å². The molecule has 16 heavy (non-hydrogen) atoms. The Morgan fingerprint density at radius 1 is 1.44 bits per heavy atom. The minimum Gasteiger partial charge on any atom is -0.464 e. The van der Waals surface area contributed by atoms with Crippen LogP contribution in [0, 0.1) is 0 Å². The maximum Gasteiger partial charge on any atom is 0.325 e. The summed E-state index contributed by atoms with van der Waals surface area (Å²) >= 11 is 0. The number of Topliss-reactive ketones (excluding diaryl/α,β-unsaturated/α-hetero) is 1. The van der Waals surface area contributed by atoms with E-state index in [1.54, 1.807) is 23.0 Å². The number of aromatic nitrogens is 1. The largest absolute Gasteiger partial charge is 0.464 e. The molecule has 0 fully saturated rings. The number of hydrogen-bond donors (Lipinski definition) is 0. The first-order chi connectivity index (χ1) is 7.63. The molecule has 1 heterocycles. The number of carbonyl (C=O) groups is 2. The number of carbonyl (C=O) groups excluding carboxylic acids is 2. The Kier molecular flexibility index (Phi) is 4.76. The standard InChI is InChI=1S/C12H17NO3/c1-3-4-7-16-12(15)9-13-6-5-11(8-13)10(2)14/h5-6,8H,3-4,7,9H2,1-2H3. The molecule has 0 bridgehead atoms. The highest BCUT2D eigenvalue weighted by molar-refractivity contribution is 5.93. The molecule has 0 aliphatic carbocycles. The maximum absolute atomic E-state index is 11.3. The van der Waals surface area contributed by atoms with Crippen LogP contribution in [-0.2, 0) is 16.1 Å². The normalized spacial score (nSPS) is 10.1. The Bertz CT molecular complexity index is 368. The zero-order chi connectivity index (χ0) is 12.0. The van der Waals surface area contributed by atoms with Crippen molar-refractivity contribution in [2.45, 2.75) is 33.2 Å². The van der Waals surface area contributed by atoms with Gasteiger partial charge in [0.15, 0.2) is 5.78 Å². The third-order valence-electron chi connectivity index (χ3n) is 2.23. The van der Waals surface area contributed by atoms with Crippen molar-refractivity contribution in [2.24, 2.45) is 0 Å². The van der Waals surface area contributed by atoms with Crippen LogP contribution in [0.2, 0.25) is 0 Å². The number of unbranched alkanes of at least 4 members (excludes halogenated alkanes) is 1. The van der Waals surface area contributed by atoms with Crippen molar-refractivity contribution in [3.05, 3.63) is 24.0 Å². The third-order valence-corrected chi connectivity index (χ3v) is 2.23. The summed E-state index contributed by atoms with van der Waals surface area (Å²) in [5.74, 6) is -0.266. The van der Waals surface area contributed by atoms with Crippen molar-refractivity contribution >= 4 is 11.8 Å². The monoisotopic (exact) mass is 223 g/mol. The Hall–Kier alpha value is -1.58. The van der Waals surface area contributed by atoms with E-state index >= 15 is 0 Å². The lowest BCUT2D eigenvalue weighted by Gasteiger charge is -2.04. The summed E-state index contributed by atoms with van der Waals surface area (Å²) in [7, 11) is 0. The van der Waals surface area contributed by atoms with Crippen LogP contribution >= 0.6 is 0 Å². The lowest BCUT2D eigenvalue weighted by atomic mass is 10.2. The Morgan fingerprint density at radius 3 is 2.75 bits per heavy atom. The summed E-state index contributed by atoms with van der Waals surface area (Å²) in [6.07, 6.45) is 5.25. The van der Waals surface area contributed by atoms with Crippen LogP contribution in [0.5, 0.6) is 0 Å². The summed E-state index contributed by atoms with van der Waals surface area (Å²) < 4.78 is 6.67. The van der Waals surface area contributed by atoms with Crippen molar-refractivity contribution in [3.8, 4) is 0 Å². The summed E-state index contributed by atoms with van der Waals surface area (Å²) in [5.41, 5.74) is 0.612. The number of rotatable bonds is 6. The fourth-order valence-corrected chi connectivity index (χ4v) is 1.27. The van der Waals surface area contributed by atoms with Crippen LogP contribution in [0.1, 0.15) is 37.0 Å². The molecule has 0 aliphatic heterocycles. The second kappa shape index (κ2) is 6.10. The van der Waals surface area contributed by atoms with E-state index in [0.717, 1.165) is 12.8 Å². The van der Waals surface area contributed by atoms with Crippen molar-refractivity contribution in [1.29, 1.82) is 0 Å². The van der Waals surface area contributed by atoms with Crippen molar-refractivity contribution in [3.63, 3.8) is 0 Å². The maximum atomic E-state index is 11.3. The van der Waals surface area contributed by atoms with Crippen LogP contribution < -0.4 is 0 Å². The van der Waals surface area contributed by atoms with E-state index in [1.165, 1.54) is 6.92 Å². The Labute approximate surface area is 95.2 Å². The molecule has 0 atom stereocenters. The van der Waals surface area contributed by atoms with Gasteiger partial charge in [0.05, 0.1) is 6.61 Å². The fraction of sp³-hybridized carbons (Fsp3) is 0.500. The molecule has 0 aromatic carbocycles. The average molecular weight is 223 g/mol. The number of nitrogens with zero attached hydrogens (tertiary/aromatic N) is 1. The molecule has 4 nitrogen and oxygen atoms in total. The first-order valence-electron chi connectivity index (χ1n) is 5.46. The molecular weight excluding hydrogens is 206 g/mol. The molecule has 1 aromatic rings. The van der Waals surface area contributed by atoms with Gasteiger partial charge in [-0.3, -0.25) is 9.59 Å². The van der Waals surface area contributed by atoms with Crippen LogP contribution in [0.4, 0.5) is 0 Å². The smallest absolute Gasteiger partial charge is 0.325 e. The van der Waals surface area contributed by atoms with Crippen LogP contribution in [0.25, 0.3) is 0 Å². The topological polar surface area (TPSA) is 48.3 Å². The fourth-order valence-electron chi connectivity index (χ4n) is 1.27. The van der Waals surface area contributed by atoms with Gasteiger partial charge in [0.25, 0.3) is 0 Å². The first-order valence-corrected chi connectivity index (χ1v) is 5.46. The summed E-state index contributed by atoms with van der Waals surface area (Å²) in [4.78, 5) is 22.4. The van der Waals surface area contributed by atoms with E-state index in [4.69, 9.17) is 4.74 Å². The van der Waals surface area contributed by atoms with E-state index in [9.17, 15) is 9.59 Å². The van der Waals surface area contributed by atoms with Gasteiger partial charge in [0.1, 0.15) is 6.54 Å². The summed E-state index contributed by atoms with van der Waals surface area (Å²) in [6, 6.07) is 1.70. The predicted octanol–water partition coefficient (Wildman–Crippen LogP) is 2.03. The van der Waals surface area contributed by atoms with Gasteiger partial charge in [0, 0.05) is 18.0 Å². The summed E-state index contributed by atoms with van der Waals surface area (Å²) in [6.45, 7) is 4.17. The minimum atomic E-state index is -0.265. The number of hydrogen-bond acceptors (Lipinski definition) is 3. The molecular formula is C12H17NO3. The van der Waals surface area contributed by atoms with Crippen LogP contribution in [0.3, 0.4) is 0 Å². The van der Waals surface area contributed by atoms with E-state index in [0.29, 0.717) is 12.2 Å². The van der Waals surface area contributed by atoms with Crippen LogP contribution in [-0.4, -0.2) is 22.9 Å². The number of ketones is 1. The highest BCUT2D eigenvalue weighted by Gasteiger charge is 2.06. The molecule has 0 radical (unpaired) electrons. The van der Waals surface area contributed by atoms with Gasteiger partial charge < -0.3 is 9.30 Å². The third kappa shape index (κ3) is 3.88. The number of esters is 1. The quantitative estimate of drug-likeness (QED) is 0.421.